The number of amides is 2. The molecule has 1 saturated heterocycles. The van der Waals surface area contributed by atoms with E-state index < -0.39 is 12.0 Å². The highest BCUT2D eigenvalue weighted by atomic mass is 16.4. The molecular weight excluding hydrogens is 248 g/mol. The summed E-state index contributed by atoms with van der Waals surface area (Å²) in [5.74, 6) is -1.49. The van der Waals surface area contributed by atoms with E-state index in [1.54, 1.807) is 0 Å². The molecule has 1 aliphatic heterocycles. The molecule has 0 aromatic rings. The van der Waals surface area contributed by atoms with Gasteiger partial charge < -0.3 is 15.3 Å². The van der Waals surface area contributed by atoms with Gasteiger partial charge in [0, 0.05) is 13.0 Å². The SMILES string of the molecule is CC(C)(C)CC(=O)NCC(=O)N1CCC[C@@H]1C(=O)O. The Balaban J connectivity index is 2.43. The van der Waals surface area contributed by atoms with Crippen LogP contribution in [0.3, 0.4) is 0 Å². The van der Waals surface area contributed by atoms with Crippen LogP contribution in [0.25, 0.3) is 0 Å². The Bertz CT molecular complexity index is 373. The second-order valence-electron chi connectivity index (χ2n) is 6.10. The quantitative estimate of drug-likeness (QED) is 0.783. The van der Waals surface area contributed by atoms with Crippen molar-refractivity contribution in [3.05, 3.63) is 0 Å². The molecule has 0 aliphatic carbocycles. The minimum absolute atomic E-state index is 0.126. The summed E-state index contributed by atoms with van der Waals surface area (Å²) in [5, 5.41) is 11.5. The van der Waals surface area contributed by atoms with E-state index >= 15 is 0 Å². The van der Waals surface area contributed by atoms with Crippen molar-refractivity contribution in [1.29, 1.82) is 0 Å². The van der Waals surface area contributed by atoms with Crippen LogP contribution in [-0.2, 0) is 14.4 Å². The van der Waals surface area contributed by atoms with Gasteiger partial charge in [-0.1, -0.05) is 20.8 Å². The van der Waals surface area contributed by atoms with Crippen LogP contribution in [0.4, 0.5) is 0 Å². The van der Waals surface area contributed by atoms with Crippen LogP contribution in [0.1, 0.15) is 40.0 Å². The molecule has 0 aromatic carbocycles. The molecule has 0 saturated carbocycles. The number of carbonyl (C=O) groups excluding carboxylic acids is 2. The van der Waals surface area contributed by atoms with Crippen molar-refractivity contribution < 1.29 is 19.5 Å². The highest BCUT2D eigenvalue weighted by Crippen LogP contribution is 2.18. The first-order chi connectivity index (χ1) is 8.70. The van der Waals surface area contributed by atoms with Gasteiger partial charge in [0.05, 0.1) is 6.54 Å². The van der Waals surface area contributed by atoms with E-state index in [4.69, 9.17) is 5.11 Å². The van der Waals surface area contributed by atoms with Crippen LogP contribution in [0.15, 0.2) is 0 Å². The molecule has 0 unspecified atom stereocenters. The van der Waals surface area contributed by atoms with Crippen molar-refractivity contribution >= 4 is 17.8 Å². The van der Waals surface area contributed by atoms with Crippen LogP contribution >= 0.6 is 0 Å². The van der Waals surface area contributed by atoms with E-state index in [2.05, 4.69) is 5.32 Å². The maximum atomic E-state index is 11.9. The van der Waals surface area contributed by atoms with Gasteiger partial charge in [0.2, 0.25) is 11.8 Å². The summed E-state index contributed by atoms with van der Waals surface area (Å²) in [6, 6.07) is -0.744. The molecule has 2 amide bonds. The molecule has 1 fully saturated rings. The topological polar surface area (TPSA) is 86.7 Å². The molecule has 19 heavy (non-hydrogen) atoms. The number of carboxylic acid groups (broad SMARTS) is 1. The summed E-state index contributed by atoms with van der Waals surface area (Å²) in [6.45, 7) is 6.14. The Morgan fingerprint density at radius 2 is 1.95 bits per heavy atom. The molecule has 2 N–H and O–H groups in total. The number of carboxylic acids is 1. The second-order valence-corrected chi connectivity index (χ2v) is 6.10. The van der Waals surface area contributed by atoms with E-state index in [1.807, 2.05) is 20.8 Å². The molecule has 1 heterocycles. The van der Waals surface area contributed by atoms with E-state index in [0.717, 1.165) is 0 Å². The van der Waals surface area contributed by atoms with Gasteiger partial charge in [0.25, 0.3) is 0 Å². The molecule has 0 radical (unpaired) electrons. The highest BCUT2D eigenvalue weighted by Gasteiger charge is 2.33. The Morgan fingerprint density at radius 3 is 2.47 bits per heavy atom. The molecule has 0 spiro atoms. The number of rotatable bonds is 4. The number of aliphatic carboxylic acids is 1. The lowest BCUT2D eigenvalue weighted by Crippen LogP contribution is -2.45. The summed E-state index contributed by atoms with van der Waals surface area (Å²) < 4.78 is 0. The first kappa shape index (κ1) is 15.5. The van der Waals surface area contributed by atoms with Crippen molar-refractivity contribution in [2.24, 2.45) is 5.41 Å². The lowest BCUT2D eigenvalue weighted by Gasteiger charge is -2.22. The van der Waals surface area contributed by atoms with Gasteiger partial charge in [-0.25, -0.2) is 4.79 Å². The van der Waals surface area contributed by atoms with Crippen molar-refractivity contribution in [1.82, 2.24) is 10.2 Å². The zero-order valence-corrected chi connectivity index (χ0v) is 11.7. The molecule has 6 heteroatoms. The van der Waals surface area contributed by atoms with Crippen LogP contribution in [0, 0.1) is 5.41 Å². The first-order valence-electron chi connectivity index (χ1n) is 6.50. The average Bonchev–Trinajstić information content (AvgIpc) is 2.72. The van der Waals surface area contributed by atoms with E-state index in [9.17, 15) is 14.4 Å². The number of nitrogens with zero attached hydrogens (tertiary/aromatic N) is 1. The van der Waals surface area contributed by atoms with Crippen LogP contribution in [0.5, 0.6) is 0 Å². The average molecular weight is 270 g/mol. The molecule has 0 aromatic heterocycles. The summed E-state index contributed by atoms with van der Waals surface area (Å²) in [6.07, 6.45) is 1.51. The highest BCUT2D eigenvalue weighted by molar-refractivity contribution is 5.88. The van der Waals surface area contributed by atoms with Gasteiger partial charge in [0.15, 0.2) is 0 Å². The molecule has 1 rings (SSSR count). The third-order valence-electron chi connectivity index (χ3n) is 2.99. The number of likely N-dealkylation sites (tertiary alicyclic amines) is 1. The Labute approximate surface area is 113 Å². The maximum Gasteiger partial charge on any atom is 0.326 e. The molecule has 0 bridgehead atoms. The summed E-state index contributed by atoms with van der Waals surface area (Å²) in [7, 11) is 0. The van der Waals surface area contributed by atoms with Crippen molar-refractivity contribution in [2.45, 2.75) is 46.1 Å². The number of carbonyl (C=O) groups is 3. The third-order valence-corrected chi connectivity index (χ3v) is 2.99. The Kier molecular flexibility index (Phi) is 4.91. The van der Waals surface area contributed by atoms with Gasteiger partial charge in [0.1, 0.15) is 6.04 Å². The first-order valence-corrected chi connectivity index (χ1v) is 6.50. The van der Waals surface area contributed by atoms with Crippen LogP contribution in [-0.4, -0.2) is 46.9 Å². The lowest BCUT2D eigenvalue weighted by molar-refractivity contribution is -0.148. The van der Waals surface area contributed by atoms with Gasteiger partial charge in [-0.3, -0.25) is 9.59 Å². The molecule has 1 aliphatic rings. The molecular formula is C13H22N2O4. The minimum atomic E-state index is -0.980. The third kappa shape index (κ3) is 4.89. The van der Waals surface area contributed by atoms with Crippen molar-refractivity contribution in [3.8, 4) is 0 Å². The summed E-state index contributed by atoms with van der Waals surface area (Å²) in [4.78, 5) is 35.8. The number of hydrogen-bond acceptors (Lipinski definition) is 3. The van der Waals surface area contributed by atoms with Gasteiger partial charge in [-0.05, 0) is 18.3 Å². The largest absolute Gasteiger partial charge is 0.480 e. The van der Waals surface area contributed by atoms with Gasteiger partial charge in [-0.2, -0.15) is 0 Å². The standard InChI is InChI=1S/C13H22N2O4/c1-13(2,3)7-10(16)14-8-11(17)15-6-4-5-9(15)12(18)19/h9H,4-8H2,1-3H3,(H,14,16)(H,18,19)/t9-/m1/s1. The molecule has 1 atom stereocenters. The van der Waals surface area contributed by atoms with E-state index in [-0.39, 0.29) is 23.8 Å². The predicted molar refractivity (Wildman–Crippen MR) is 69.5 cm³/mol. The monoisotopic (exact) mass is 270 g/mol. The summed E-state index contributed by atoms with van der Waals surface area (Å²) in [5.41, 5.74) is -0.135. The maximum absolute atomic E-state index is 11.9. The van der Waals surface area contributed by atoms with E-state index in [0.29, 0.717) is 25.8 Å². The smallest absolute Gasteiger partial charge is 0.326 e. The fourth-order valence-electron chi connectivity index (χ4n) is 2.14. The molecule has 108 valence electrons. The second kappa shape index (κ2) is 6.04. The Morgan fingerprint density at radius 1 is 1.32 bits per heavy atom. The van der Waals surface area contributed by atoms with Crippen LogP contribution < -0.4 is 5.32 Å². The predicted octanol–water partition coefficient (Wildman–Crippen LogP) is 0.614. The minimum Gasteiger partial charge on any atom is -0.480 e. The van der Waals surface area contributed by atoms with Gasteiger partial charge in [-0.15, -0.1) is 0 Å². The lowest BCUT2D eigenvalue weighted by atomic mass is 9.92. The van der Waals surface area contributed by atoms with Crippen LogP contribution in [0.2, 0.25) is 0 Å². The normalized spacial score (nSPS) is 19.3. The number of hydrogen-bond donors (Lipinski definition) is 2. The summed E-state index contributed by atoms with van der Waals surface area (Å²) >= 11 is 0. The molecule has 6 nitrogen and oxygen atoms in total. The fourth-order valence-corrected chi connectivity index (χ4v) is 2.14. The zero-order valence-electron chi connectivity index (χ0n) is 11.7. The van der Waals surface area contributed by atoms with Gasteiger partial charge >= 0.3 is 5.97 Å². The fraction of sp³-hybridized carbons (Fsp3) is 0.769. The zero-order chi connectivity index (χ0) is 14.6. The van der Waals surface area contributed by atoms with Crippen molar-refractivity contribution in [2.75, 3.05) is 13.1 Å². The number of nitrogens with one attached hydrogen (secondary N) is 1. The Hall–Kier alpha value is -1.59. The van der Waals surface area contributed by atoms with Crippen molar-refractivity contribution in [3.63, 3.8) is 0 Å². The van der Waals surface area contributed by atoms with E-state index in [1.165, 1.54) is 4.90 Å².